The summed E-state index contributed by atoms with van der Waals surface area (Å²) < 4.78 is 67.2. The van der Waals surface area contributed by atoms with Gasteiger partial charge in [0.2, 0.25) is 0 Å². The fraction of sp³-hybridized carbons (Fsp3) is 0.296. The Morgan fingerprint density at radius 2 is 1.64 bits per heavy atom. The third-order valence-electron chi connectivity index (χ3n) is 7.16. The lowest BCUT2D eigenvalue weighted by atomic mass is 9.67. The van der Waals surface area contributed by atoms with Gasteiger partial charge >= 0.3 is 6.18 Å². The van der Waals surface area contributed by atoms with Crippen LogP contribution in [0.2, 0.25) is 0 Å². The van der Waals surface area contributed by atoms with E-state index in [9.17, 15) is 26.7 Å². The van der Waals surface area contributed by atoms with E-state index < -0.39 is 34.8 Å². The summed E-state index contributed by atoms with van der Waals surface area (Å²) >= 11 is 3.44. The third-order valence-corrected chi connectivity index (χ3v) is 7.65. The van der Waals surface area contributed by atoms with Crippen LogP contribution < -0.4 is 5.32 Å². The quantitative estimate of drug-likeness (QED) is 0.342. The molecular formula is C27H22BrF5N2O. The van der Waals surface area contributed by atoms with Crippen LogP contribution in [0.1, 0.15) is 45.8 Å². The van der Waals surface area contributed by atoms with Crippen molar-refractivity contribution in [3.05, 3.63) is 99.0 Å². The molecule has 3 aromatic carbocycles. The Bertz CT molecular complexity index is 1300. The van der Waals surface area contributed by atoms with E-state index in [0.717, 1.165) is 22.7 Å². The Balaban J connectivity index is 1.45. The van der Waals surface area contributed by atoms with Crippen molar-refractivity contribution in [1.82, 2.24) is 4.90 Å². The number of nitrogens with one attached hydrogen (secondary N) is 1. The fourth-order valence-corrected chi connectivity index (χ4v) is 5.70. The van der Waals surface area contributed by atoms with E-state index in [0.29, 0.717) is 54.9 Å². The fourth-order valence-electron chi connectivity index (χ4n) is 5.34. The number of piperidine rings is 1. The summed E-state index contributed by atoms with van der Waals surface area (Å²) in [6.45, 7) is 1.56. The molecule has 1 atom stereocenters. The summed E-state index contributed by atoms with van der Waals surface area (Å²) in [5, 5.41) is 3.57. The topological polar surface area (TPSA) is 32.3 Å². The van der Waals surface area contributed by atoms with Gasteiger partial charge in [-0.25, -0.2) is 8.78 Å². The van der Waals surface area contributed by atoms with Crippen LogP contribution >= 0.6 is 15.9 Å². The second-order valence-corrected chi connectivity index (χ2v) is 10.3. The number of carbonyl (C=O) groups is 1. The minimum Gasteiger partial charge on any atom is -0.378 e. The van der Waals surface area contributed by atoms with Crippen molar-refractivity contribution in [2.24, 2.45) is 0 Å². The van der Waals surface area contributed by atoms with Crippen molar-refractivity contribution < 1.29 is 26.7 Å². The average molecular weight is 565 g/mol. The molecule has 2 aliphatic heterocycles. The van der Waals surface area contributed by atoms with E-state index in [-0.39, 0.29) is 5.78 Å². The first-order valence-electron chi connectivity index (χ1n) is 11.5. The van der Waals surface area contributed by atoms with Crippen molar-refractivity contribution in [1.29, 1.82) is 0 Å². The molecule has 9 heteroatoms. The van der Waals surface area contributed by atoms with Gasteiger partial charge in [-0.3, -0.25) is 9.69 Å². The Hall–Kier alpha value is -2.78. The van der Waals surface area contributed by atoms with Gasteiger partial charge in [0.15, 0.2) is 17.4 Å². The third kappa shape index (κ3) is 4.66. The van der Waals surface area contributed by atoms with Gasteiger partial charge in [-0.15, -0.1) is 0 Å². The SMILES string of the molecule is O=C1c2ccc(Br)cc2NC2(CCN(Cc3ccc(F)c(F)c3)CC2)C1c1ccc(C(F)(F)F)cc1. The summed E-state index contributed by atoms with van der Waals surface area (Å²) in [5.74, 6) is -2.60. The maximum Gasteiger partial charge on any atom is 0.416 e. The molecule has 2 aliphatic rings. The molecule has 0 bridgehead atoms. The molecule has 0 saturated carbocycles. The predicted octanol–water partition coefficient (Wildman–Crippen LogP) is 7.17. The number of hydrogen-bond donors (Lipinski definition) is 1. The van der Waals surface area contributed by atoms with Gasteiger partial charge < -0.3 is 5.32 Å². The Labute approximate surface area is 213 Å². The monoisotopic (exact) mass is 564 g/mol. The average Bonchev–Trinajstić information content (AvgIpc) is 2.82. The van der Waals surface area contributed by atoms with Gasteiger partial charge in [-0.2, -0.15) is 13.2 Å². The number of ketones is 1. The second kappa shape index (κ2) is 9.27. The minimum absolute atomic E-state index is 0.134. The summed E-state index contributed by atoms with van der Waals surface area (Å²) in [5.41, 5.74) is 0.899. The number of benzene rings is 3. The zero-order valence-electron chi connectivity index (χ0n) is 19.0. The second-order valence-electron chi connectivity index (χ2n) is 9.41. The minimum atomic E-state index is -4.46. The molecule has 1 saturated heterocycles. The molecule has 3 aromatic rings. The van der Waals surface area contributed by atoms with Crippen molar-refractivity contribution in [3.8, 4) is 0 Å². The molecule has 5 rings (SSSR count). The molecule has 0 amide bonds. The van der Waals surface area contributed by atoms with Gasteiger partial charge in [0.1, 0.15) is 0 Å². The van der Waals surface area contributed by atoms with Gasteiger partial charge in [-0.1, -0.05) is 34.1 Å². The number of nitrogens with zero attached hydrogens (tertiary/aromatic N) is 1. The van der Waals surface area contributed by atoms with Crippen molar-refractivity contribution in [2.45, 2.75) is 37.0 Å². The molecule has 1 N–H and O–H groups in total. The van der Waals surface area contributed by atoms with Crippen molar-refractivity contribution in [3.63, 3.8) is 0 Å². The van der Waals surface area contributed by atoms with Crippen molar-refractivity contribution >= 4 is 27.4 Å². The van der Waals surface area contributed by atoms with E-state index in [1.54, 1.807) is 18.2 Å². The number of alkyl halides is 3. The van der Waals surface area contributed by atoms with Crippen LogP contribution in [0.15, 0.2) is 65.1 Å². The molecule has 1 spiro atoms. The number of halogens is 6. The summed E-state index contributed by atoms with van der Waals surface area (Å²) in [4.78, 5) is 15.9. The smallest absolute Gasteiger partial charge is 0.378 e. The molecule has 1 unspecified atom stereocenters. The van der Waals surface area contributed by atoms with Crippen molar-refractivity contribution in [2.75, 3.05) is 18.4 Å². The molecule has 0 aliphatic carbocycles. The van der Waals surface area contributed by atoms with E-state index in [2.05, 4.69) is 26.1 Å². The number of fused-ring (bicyclic) bond motifs is 1. The molecule has 1 fully saturated rings. The van der Waals surface area contributed by atoms with E-state index in [1.165, 1.54) is 18.2 Å². The molecule has 0 aromatic heterocycles. The van der Waals surface area contributed by atoms with E-state index in [1.807, 2.05) is 6.07 Å². The molecule has 0 radical (unpaired) electrons. The van der Waals surface area contributed by atoms with Gasteiger partial charge in [-0.05, 0) is 66.4 Å². The van der Waals surface area contributed by atoms with Crippen LogP contribution in [0.4, 0.5) is 27.6 Å². The van der Waals surface area contributed by atoms with Crippen LogP contribution in [0.5, 0.6) is 0 Å². The number of rotatable bonds is 3. The highest BCUT2D eigenvalue weighted by Crippen LogP contribution is 2.47. The maximum absolute atomic E-state index is 13.8. The standard InChI is InChI=1S/C27H22BrF5N2O/c28-19-6-7-20-23(14-19)34-26(24(25(20)36)17-2-4-18(5-3-17)27(31,32)33)9-11-35(12-10-26)15-16-1-8-21(29)22(30)13-16/h1-8,13-14,24,34H,9-12,15H2. The lowest BCUT2D eigenvalue weighted by molar-refractivity contribution is -0.137. The van der Waals surface area contributed by atoms with Gasteiger partial charge in [0.05, 0.1) is 17.0 Å². The van der Waals surface area contributed by atoms with Crippen LogP contribution in [-0.2, 0) is 12.7 Å². The lowest BCUT2D eigenvalue weighted by Gasteiger charge is -2.50. The zero-order chi connectivity index (χ0) is 25.7. The molecular weight excluding hydrogens is 543 g/mol. The van der Waals surface area contributed by atoms with Crippen LogP contribution in [-0.4, -0.2) is 29.3 Å². The normalized spacial score (nSPS) is 19.7. The molecule has 3 nitrogen and oxygen atoms in total. The predicted molar refractivity (Wildman–Crippen MR) is 130 cm³/mol. The highest BCUT2D eigenvalue weighted by molar-refractivity contribution is 9.10. The number of Topliss-reactive ketones (excluding diaryl/α,β-unsaturated/α-hetero) is 1. The number of hydrogen-bond acceptors (Lipinski definition) is 3. The van der Waals surface area contributed by atoms with E-state index >= 15 is 0 Å². The first-order valence-corrected chi connectivity index (χ1v) is 12.3. The Morgan fingerprint density at radius 3 is 2.28 bits per heavy atom. The van der Waals surface area contributed by atoms with Crippen LogP contribution in [0, 0.1) is 11.6 Å². The number of carbonyl (C=O) groups excluding carboxylic acids is 1. The molecule has 36 heavy (non-hydrogen) atoms. The van der Waals surface area contributed by atoms with Gasteiger partial charge in [0.25, 0.3) is 0 Å². The highest BCUT2D eigenvalue weighted by Gasteiger charge is 2.49. The van der Waals surface area contributed by atoms with Crippen LogP contribution in [0.25, 0.3) is 0 Å². The largest absolute Gasteiger partial charge is 0.416 e. The number of anilines is 1. The zero-order valence-corrected chi connectivity index (χ0v) is 20.6. The maximum atomic E-state index is 13.8. The van der Waals surface area contributed by atoms with Crippen LogP contribution in [0.3, 0.4) is 0 Å². The highest BCUT2D eigenvalue weighted by atomic mass is 79.9. The summed E-state index contributed by atoms with van der Waals surface area (Å²) in [6, 6.07) is 14.0. The Kier molecular flexibility index (Phi) is 6.41. The summed E-state index contributed by atoms with van der Waals surface area (Å²) in [6.07, 6.45) is -3.38. The first kappa shape index (κ1) is 24.9. The summed E-state index contributed by atoms with van der Waals surface area (Å²) in [7, 11) is 0. The number of likely N-dealkylation sites (tertiary alicyclic amines) is 1. The molecule has 2 heterocycles. The van der Waals surface area contributed by atoms with Gasteiger partial charge in [0, 0.05) is 35.4 Å². The first-order chi connectivity index (χ1) is 17.1. The Morgan fingerprint density at radius 1 is 0.944 bits per heavy atom. The lowest BCUT2D eigenvalue weighted by Crippen LogP contribution is -2.56. The van der Waals surface area contributed by atoms with E-state index in [4.69, 9.17) is 0 Å². The molecule has 188 valence electrons.